The monoisotopic (exact) mass is 397 g/mol. The molecule has 1 aliphatic heterocycles. The second-order valence-electron chi connectivity index (χ2n) is 7.54. The largest absolute Gasteiger partial charge is 0.494 e. The van der Waals surface area contributed by atoms with Crippen molar-refractivity contribution in [1.29, 1.82) is 0 Å². The van der Waals surface area contributed by atoms with Crippen LogP contribution < -0.4 is 4.74 Å². The summed E-state index contributed by atoms with van der Waals surface area (Å²) < 4.78 is 8.25. The van der Waals surface area contributed by atoms with Crippen LogP contribution in [-0.4, -0.2) is 34.1 Å². The number of para-hydroxylation sites is 2. The first kappa shape index (κ1) is 19.3. The highest BCUT2D eigenvalue weighted by atomic mass is 35.5. The van der Waals surface area contributed by atoms with Crippen LogP contribution >= 0.6 is 11.6 Å². The normalized spacial score (nSPS) is 15.9. The molecule has 3 aromatic rings. The molecule has 2 aromatic carbocycles. The SMILES string of the molecule is CC(c1nc2ccccc2n1CCCCOc1ccc(Cl)cc1)N1CCCC1. The van der Waals surface area contributed by atoms with E-state index in [0.29, 0.717) is 12.6 Å². The standard InChI is InChI=1S/C23H28ClN3O/c1-18(26-14-4-5-15-26)23-25-21-8-2-3-9-22(21)27(23)16-6-7-17-28-20-12-10-19(24)11-13-20/h2-3,8-13,18H,4-7,14-17H2,1H3. The molecule has 1 aromatic heterocycles. The van der Waals surface area contributed by atoms with Gasteiger partial charge in [0.1, 0.15) is 11.6 Å². The highest BCUT2D eigenvalue weighted by molar-refractivity contribution is 6.30. The van der Waals surface area contributed by atoms with Gasteiger partial charge in [-0.15, -0.1) is 0 Å². The Morgan fingerprint density at radius 2 is 1.79 bits per heavy atom. The molecule has 0 aliphatic carbocycles. The average Bonchev–Trinajstić information content (AvgIpc) is 3.37. The number of halogens is 1. The Hall–Kier alpha value is -2.04. The van der Waals surface area contributed by atoms with E-state index in [9.17, 15) is 0 Å². The van der Waals surface area contributed by atoms with Crippen LogP contribution in [-0.2, 0) is 6.54 Å². The Kier molecular flexibility index (Phi) is 6.18. The Bertz CT molecular complexity index is 900. The third-order valence-corrected chi connectivity index (χ3v) is 5.86. The number of nitrogens with zero attached hydrogens (tertiary/aromatic N) is 3. The minimum absolute atomic E-state index is 0.361. The summed E-state index contributed by atoms with van der Waals surface area (Å²) in [6, 6.07) is 16.4. The molecule has 1 atom stereocenters. The highest BCUT2D eigenvalue weighted by Gasteiger charge is 2.24. The highest BCUT2D eigenvalue weighted by Crippen LogP contribution is 2.28. The molecule has 0 spiro atoms. The van der Waals surface area contributed by atoms with E-state index in [1.165, 1.54) is 37.3 Å². The van der Waals surface area contributed by atoms with Crippen molar-refractivity contribution in [3.63, 3.8) is 0 Å². The van der Waals surface area contributed by atoms with E-state index in [4.69, 9.17) is 21.3 Å². The Morgan fingerprint density at radius 3 is 2.57 bits per heavy atom. The third-order valence-electron chi connectivity index (χ3n) is 5.60. The number of fused-ring (bicyclic) bond motifs is 1. The smallest absolute Gasteiger partial charge is 0.127 e. The zero-order chi connectivity index (χ0) is 19.3. The molecule has 1 unspecified atom stereocenters. The molecule has 28 heavy (non-hydrogen) atoms. The number of hydrogen-bond donors (Lipinski definition) is 0. The maximum Gasteiger partial charge on any atom is 0.127 e. The molecule has 1 fully saturated rings. The van der Waals surface area contributed by atoms with Crippen LogP contribution in [0.3, 0.4) is 0 Å². The number of unbranched alkanes of at least 4 members (excludes halogenated alkanes) is 1. The first-order valence-corrected chi connectivity index (χ1v) is 10.7. The van der Waals surface area contributed by atoms with Gasteiger partial charge in [-0.25, -0.2) is 4.98 Å². The Morgan fingerprint density at radius 1 is 1.04 bits per heavy atom. The fraction of sp³-hybridized carbons (Fsp3) is 0.435. The number of hydrogen-bond acceptors (Lipinski definition) is 3. The predicted molar refractivity (Wildman–Crippen MR) is 115 cm³/mol. The van der Waals surface area contributed by atoms with Gasteiger partial charge < -0.3 is 9.30 Å². The number of imidazole rings is 1. The van der Waals surface area contributed by atoms with E-state index >= 15 is 0 Å². The van der Waals surface area contributed by atoms with E-state index < -0.39 is 0 Å². The summed E-state index contributed by atoms with van der Waals surface area (Å²) in [4.78, 5) is 7.55. The number of aryl methyl sites for hydroxylation is 1. The van der Waals surface area contributed by atoms with Crippen molar-refractivity contribution in [2.75, 3.05) is 19.7 Å². The predicted octanol–water partition coefficient (Wildman–Crippen LogP) is 5.71. The number of ether oxygens (including phenoxy) is 1. The fourth-order valence-electron chi connectivity index (χ4n) is 4.03. The van der Waals surface area contributed by atoms with Crippen molar-refractivity contribution in [2.24, 2.45) is 0 Å². The van der Waals surface area contributed by atoms with Crippen molar-refractivity contribution >= 4 is 22.6 Å². The number of benzene rings is 2. The zero-order valence-electron chi connectivity index (χ0n) is 16.5. The van der Waals surface area contributed by atoms with Crippen molar-refractivity contribution in [1.82, 2.24) is 14.5 Å². The second-order valence-corrected chi connectivity index (χ2v) is 7.98. The number of rotatable bonds is 8. The molecule has 0 saturated carbocycles. The van der Waals surface area contributed by atoms with Crippen molar-refractivity contribution in [3.8, 4) is 5.75 Å². The van der Waals surface area contributed by atoms with Gasteiger partial charge in [0.05, 0.1) is 23.7 Å². The Balaban J connectivity index is 1.40. The molecule has 1 saturated heterocycles. The van der Waals surface area contributed by atoms with Crippen LogP contribution in [0.4, 0.5) is 0 Å². The lowest BCUT2D eigenvalue weighted by atomic mass is 10.2. The summed E-state index contributed by atoms with van der Waals surface area (Å²) in [5.41, 5.74) is 2.34. The molecule has 5 heteroatoms. The summed E-state index contributed by atoms with van der Waals surface area (Å²) >= 11 is 5.92. The fourth-order valence-corrected chi connectivity index (χ4v) is 4.16. The first-order chi connectivity index (χ1) is 13.7. The zero-order valence-corrected chi connectivity index (χ0v) is 17.2. The molecular formula is C23H28ClN3O. The molecule has 0 bridgehead atoms. The van der Waals surface area contributed by atoms with Crippen molar-refractivity contribution in [3.05, 3.63) is 59.4 Å². The summed E-state index contributed by atoms with van der Waals surface area (Å²) in [6.45, 7) is 6.34. The first-order valence-electron chi connectivity index (χ1n) is 10.3. The second kappa shape index (κ2) is 8.97. The lowest BCUT2D eigenvalue weighted by Crippen LogP contribution is -2.26. The summed E-state index contributed by atoms with van der Waals surface area (Å²) in [7, 11) is 0. The van der Waals surface area contributed by atoms with Crippen LogP contribution in [0.2, 0.25) is 5.02 Å². The third kappa shape index (κ3) is 4.34. The van der Waals surface area contributed by atoms with Crippen molar-refractivity contribution in [2.45, 2.75) is 45.2 Å². The van der Waals surface area contributed by atoms with Crippen molar-refractivity contribution < 1.29 is 4.74 Å². The van der Waals surface area contributed by atoms with E-state index in [1.54, 1.807) is 0 Å². The quantitative estimate of drug-likeness (QED) is 0.456. The molecule has 1 aliphatic rings. The van der Waals surface area contributed by atoms with E-state index in [0.717, 1.165) is 35.7 Å². The molecule has 148 valence electrons. The topological polar surface area (TPSA) is 30.3 Å². The average molecular weight is 398 g/mol. The Labute approximate surface area is 172 Å². The van der Waals surface area contributed by atoms with E-state index in [1.807, 2.05) is 24.3 Å². The molecule has 0 N–H and O–H groups in total. The molecule has 4 rings (SSSR count). The van der Waals surface area contributed by atoms with Crippen LogP contribution in [0.15, 0.2) is 48.5 Å². The maximum absolute atomic E-state index is 5.92. The lowest BCUT2D eigenvalue weighted by molar-refractivity contribution is 0.247. The molecule has 4 nitrogen and oxygen atoms in total. The van der Waals surface area contributed by atoms with Gasteiger partial charge in [0, 0.05) is 11.6 Å². The maximum atomic E-state index is 5.92. The van der Waals surface area contributed by atoms with Gasteiger partial charge in [-0.05, 0) is 82.1 Å². The lowest BCUT2D eigenvalue weighted by Gasteiger charge is -2.24. The molecule has 2 heterocycles. The van der Waals surface area contributed by atoms with Gasteiger partial charge in [0.2, 0.25) is 0 Å². The minimum atomic E-state index is 0.361. The van der Waals surface area contributed by atoms with Crippen LogP contribution in [0.25, 0.3) is 11.0 Å². The van der Waals surface area contributed by atoms with Gasteiger partial charge in [-0.2, -0.15) is 0 Å². The molecule has 0 amide bonds. The minimum Gasteiger partial charge on any atom is -0.494 e. The van der Waals surface area contributed by atoms with Crippen LogP contribution in [0, 0.1) is 0 Å². The van der Waals surface area contributed by atoms with Crippen LogP contribution in [0.1, 0.15) is 44.5 Å². The van der Waals surface area contributed by atoms with Gasteiger partial charge in [0.25, 0.3) is 0 Å². The molecular weight excluding hydrogens is 370 g/mol. The van der Waals surface area contributed by atoms with Gasteiger partial charge >= 0.3 is 0 Å². The van der Waals surface area contributed by atoms with Gasteiger partial charge in [-0.3, -0.25) is 4.90 Å². The summed E-state index contributed by atoms with van der Waals surface area (Å²) in [5, 5.41) is 0.735. The summed E-state index contributed by atoms with van der Waals surface area (Å²) in [6.07, 6.45) is 4.67. The number of likely N-dealkylation sites (tertiary alicyclic amines) is 1. The number of aromatic nitrogens is 2. The van der Waals surface area contributed by atoms with Gasteiger partial charge in [0.15, 0.2) is 0 Å². The van der Waals surface area contributed by atoms with E-state index in [2.05, 4.69) is 40.7 Å². The van der Waals surface area contributed by atoms with Crippen LogP contribution in [0.5, 0.6) is 5.75 Å². The van der Waals surface area contributed by atoms with E-state index in [-0.39, 0.29) is 0 Å². The van der Waals surface area contributed by atoms with Gasteiger partial charge in [-0.1, -0.05) is 23.7 Å². The summed E-state index contributed by atoms with van der Waals surface area (Å²) in [5.74, 6) is 2.07. The molecule has 0 radical (unpaired) electrons.